The Balaban J connectivity index is 1.40. The van der Waals surface area contributed by atoms with E-state index in [-0.39, 0.29) is 6.04 Å². The van der Waals surface area contributed by atoms with Crippen LogP contribution in [0.5, 0.6) is 0 Å². The predicted octanol–water partition coefficient (Wildman–Crippen LogP) is 5.09. The zero-order chi connectivity index (χ0) is 22.6. The van der Waals surface area contributed by atoms with E-state index in [1.165, 1.54) is 27.3 Å². The summed E-state index contributed by atoms with van der Waals surface area (Å²) in [6.45, 7) is 6.40. The van der Waals surface area contributed by atoms with Crippen molar-refractivity contribution in [1.29, 1.82) is 0 Å². The minimum Gasteiger partial charge on any atom is -0.378 e. The van der Waals surface area contributed by atoms with Crippen LogP contribution in [0.1, 0.15) is 23.4 Å². The van der Waals surface area contributed by atoms with Gasteiger partial charge in [0.15, 0.2) is 5.82 Å². The number of anilines is 2. The van der Waals surface area contributed by atoms with E-state index in [0.717, 1.165) is 49.4 Å². The second-order valence-electron chi connectivity index (χ2n) is 8.36. The number of fused-ring (bicyclic) bond motifs is 1. The van der Waals surface area contributed by atoms with Crippen LogP contribution in [-0.2, 0) is 11.3 Å². The van der Waals surface area contributed by atoms with Crippen LogP contribution in [0.2, 0.25) is 0 Å². The molecule has 2 N–H and O–H groups in total. The number of nitrogens with one attached hydrogen (secondary N) is 2. The van der Waals surface area contributed by atoms with Gasteiger partial charge in [0.05, 0.1) is 25.5 Å². The lowest BCUT2D eigenvalue weighted by Crippen LogP contribution is -2.36. The summed E-state index contributed by atoms with van der Waals surface area (Å²) in [6, 6.07) is 17.5. The highest BCUT2D eigenvalue weighted by atomic mass is 32.1. The van der Waals surface area contributed by atoms with Crippen LogP contribution in [-0.4, -0.2) is 43.5 Å². The maximum absolute atomic E-state index is 5.51. The van der Waals surface area contributed by atoms with Crippen molar-refractivity contribution in [2.75, 3.05) is 43.6 Å². The van der Waals surface area contributed by atoms with Gasteiger partial charge in [0.1, 0.15) is 0 Å². The van der Waals surface area contributed by atoms with Crippen molar-refractivity contribution in [3.8, 4) is 11.1 Å². The summed E-state index contributed by atoms with van der Waals surface area (Å²) in [5.74, 6) is 0.820. The van der Waals surface area contributed by atoms with E-state index in [4.69, 9.17) is 4.74 Å². The Morgan fingerprint density at radius 3 is 2.82 bits per heavy atom. The summed E-state index contributed by atoms with van der Waals surface area (Å²) in [5.41, 5.74) is 5.05. The minimum absolute atomic E-state index is 0.118. The molecule has 5 rings (SSSR count). The van der Waals surface area contributed by atoms with E-state index in [9.17, 15) is 0 Å². The number of hydrogen-bond donors (Lipinski definition) is 2. The first-order valence-electron chi connectivity index (χ1n) is 11.4. The van der Waals surface area contributed by atoms with Gasteiger partial charge in [-0.2, -0.15) is 5.10 Å². The number of thiophene rings is 1. The molecule has 170 valence electrons. The van der Waals surface area contributed by atoms with Crippen molar-refractivity contribution in [1.82, 2.24) is 15.5 Å². The van der Waals surface area contributed by atoms with Gasteiger partial charge in [-0.3, -0.25) is 0 Å². The highest BCUT2D eigenvalue weighted by Gasteiger charge is 2.16. The second kappa shape index (κ2) is 9.87. The number of rotatable bonds is 7. The van der Waals surface area contributed by atoms with Crippen molar-refractivity contribution in [2.45, 2.75) is 19.5 Å². The molecule has 6 nitrogen and oxygen atoms in total. The monoisotopic (exact) mass is 459 g/mol. The molecule has 0 bridgehead atoms. The summed E-state index contributed by atoms with van der Waals surface area (Å²) in [7, 11) is 1.98. The first kappa shape index (κ1) is 21.8. The average Bonchev–Trinajstić information content (AvgIpc) is 3.35. The molecule has 7 heteroatoms. The average molecular weight is 460 g/mol. The van der Waals surface area contributed by atoms with Crippen molar-refractivity contribution in [2.24, 2.45) is 0 Å². The Morgan fingerprint density at radius 1 is 1.12 bits per heavy atom. The van der Waals surface area contributed by atoms with E-state index in [1.54, 1.807) is 11.3 Å². The lowest BCUT2D eigenvalue weighted by molar-refractivity contribution is 0.122. The lowest BCUT2D eigenvalue weighted by atomic mass is 10.0. The molecule has 3 heterocycles. The zero-order valence-corrected chi connectivity index (χ0v) is 19.9. The van der Waals surface area contributed by atoms with Crippen LogP contribution in [0, 0.1) is 0 Å². The Morgan fingerprint density at radius 2 is 1.97 bits per heavy atom. The molecule has 0 spiro atoms. The summed E-state index contributed by atoms with van der Waals surface area (Å²) in [6.07, 6.45) is 1.83. The van der Waals surface area contributed by atoms with E-state index < -0.39 is 0 Å². The van der Waals surface area contributed by atoms with Gasteiger partial charge < -0.3 is 20.3 Å². The van der Waals surface area contributed by atoms with E-state index in [1.807, 2.05) is 13.2 Å². The van der Waals surface area contributed by atoms with Crippen LogP contribution in [0.25, 0.3) is 21.9 Å². The fraction of sp³-hybridized carbons (Fsp3) is 0.308. The summed E-state index contributed by atoms with van der Waals surface area (Å²) in [4.78, 5) is 3.64. The van der Waals surface area contributed by atoms with Gasteiger partial charge >= 0.3 is 0 Å². The van der Waals surface area contributed by atoms with Crippen LogP contribution < -0.4 is 15.5 Å². The van der Waals surface area contributed by atoms with Crippen molar-refractivity contribution in [3.05, 3.63) is 70.5 Å². The van der Waals surface area contributed by atoms with Crippen LogP contribution in [0.4, 0.5) is 11.5 Å². The molecule has 4 aromatic rings. The van der Waals surface area contributed by atoms with Gasteiger partial charge in [0.2, 0.25) is 0 Å². The standard InChI is InChI=1S/C26H29N5OS/c1-18(25-13-21(17-33-25)23-6-4-3-5-19(23)15-27-2)29-26-24-14-22(31-9-11-32-12-10-31)8-7-20(24)16-28-30-26/h3-8,13-14,16-18,27H,9-12,15H2,1-2H3,(H,29,30). The van der Waals surface area contributed by atoms with E-state index in [0.29, 0.717) is 0 Å². The number of hydrogen-bond acceptors (Lipinski definition) is 7. The van der Waals surface area contributed by atoms with Crippen molar-refractivity contribution in [3.63, 3.8) is 0 Å². The Labute approximate surface area is 198 Å². The molecule has 0 amide bonds. The van der Waals surface area contributed by atoms with Crippen molar-refractivity contribution >= 4 is 33.6 Å². The minimum atomic E-state index is 0.118. The molecule has 0 aliphatic carbocycles. The number of ether oxygens (including phenoxy) is 1. The lowest BCUT2D eigenvalue weighted by Gasteiger charge is -2.29. The van der Waals surface area contributed by atoms with Gasteiger partial charge in [-0.25, -0.2) is 0 Å². The highest BCUT2D eigenvalue weighted by Crippen LogP contribution is 2.34. The van der Waals surface area contributed by atoms with Gasteiger partial charge in [0, 0.05) is 41.0 Å². The van der Waals surface area contributed by atoms with E-state index >= 15 is 0 Å². The molecule has 2 aromatic heterocycles. The molecule has 33 heavy (non-hydrogen) atoms. The first-order chi connectivity index (χ1) is 16.2. The fourth-order valence-corrected chi connectivity index (χ4v) is 5.25. The first-order valence-corrected chi connectivity index (χ1v) is 12.3. The number of aromatic nitrogens is 2. The Hall–Kier alpha value is -3.00. The van der Waals surface area contributed by atoms with Crippen LogP contribution in [0.15, 0.2) is 60.1 Å². The Bertz CT molecular complexity index is 1230. The number of morpholine rings is 1. The molecule has 0 saturated carbocycles. The topological polar surface area (TPSA) is 62.3 Å². The van der Waals surface area contributed by atoms with Gasteiger partial charge in [0.25, 0.3) is 0 Å². The molecule has 1 atom stereocenters. The fourth-order valence-electron chi connectivity index (χ4n) is 4.33. The van der Waals surface area contributed by atoms with E-state index in [2.05, 4.69) is 86.6 Å². The zero-order valence-electron chi connectivity index (χ0n) is 19.0. The molecule has 1 saturated heterocycles. The van der Waals surface area contributed by atoms with Crippen molar-refractivity contribution < 1.29 is 4.74 Å². The maximum Gasteiger partial charge on any atom is 0.157 e. The molecule has 1 fully saturated rings. The molecular formula is C26H29N5OS. The molecule has 1 unspecified atom stereocenters. The van der Waals surface area contributed by atoms with Crippen LogP contribution >= 0.6 is 11.3 Å². The van der Waals surface area contributed by atoms with Gasteiger partial charge in [-0.1, -0.05) is 30.3 Å². The largest absolute Gasteiger partial charge is 0.378 e. The third-order valence-electron chi connectivity index (χ3n) is 6.12. The van der Waals surface area contributed by atoms with Gasteiger partial charge in [-0.15, -0.1) is 16.4 Å². The Kier molecular flexibility index (Phi) is 6.53. The normalized spacial score (nSPS) is 15.0. The second-order valence-corrected chi connectivity index (χ2v) is 9.30. The third-order valence-corrected chi connectivity index (χ3v) is 7.23. The van der Waals surface area contributed by atoms with Gasteiger partial charge in [-0.05, 0) is 54.2 Å². The number of nitrogens with zero attached hydrogens (tertiary/aromatic N) is 3. The molecule has 1 aliphatic heterocycles. The molecule has 0 radical (unpaired) electrons. The smallest absolute Gasteiger partial charge is 0.157 e. The third kappa shape index (κ3) is 4.71. The van der Waals surface area contributed by atoms with Crippen LogP contribution in [0.3, 0.4) is 0 Å². The summed E-state index contributed by atoms with van der Waals surface area (Å²) in [5, 5.41) is 20.0. The molecule has 1 aliphatic rings. The number of benzene rings is 2. The maximum atomic E-state index is 5.51. The SMILES string of the molecule is CNCc1ccccc1-c1csc(C(C)Nc2nncc3ccc(N4CCOCC4)cc23)c1. The summed E-state index contributed by atoms with van der Waals surface area (Å²) >= 11 is 1.78. The highest BCUT2D eigenvalue weighted by molar-refractivity contribution is 7.10. The summed E-state index contributed by atoms with van der Waals surface area (Å²) < 4.78 is 5.51. The predicted molar refractivity (Wildman–Crippen MR) is 137 cm³/mol. The molecular weight excluding hydrogens is 430 g/mol. The molecule has 2 aromatic carbocycles. The quantitative estimate of drug-likeness (QED) is 0.402.